The average molecular weight is 322 g/mol. The van der Waals surface area contributed by atoms with Gasteiger partial charge in [0.25, 0.3) is 10.9 Å². The summed E-state index contributed by atoms with van der Waals surface area (Å²) in [5.74, 6) is 0. The Hall–Kier alpha value is -1.84. The number of alkyl halides is 6. The fourth-order valence-corrected chi connectivity index (χ4v) is 1.52. The summed E-state index contributed by atoms with van der Waals surface area (Å²) in [6, 6.07) is -0.644. The molecule has 11 heteroatoms. The maximum absolute atomic E-state index is 12.6. The molecule has 0 saturated heterocycles. The van der Waals surface area contributed by atoms with Crippen LogP contribution in [0.1, 0.15) is 21.5 Å². The summed E-state index contributed by atoms with van der Waals surface area (Å²) in [6.45, 7) is 0. The minimum atomic E-state index is -5.39. The van der Waals surface area contributed by atoms with Gasteiger partial charge in [-0.25, -0.2) is 0 Å². The summed E-state index contributed by atoms with van der Waals surface area (Å²) in [5, 5.41) is 8.72. The van der Waals surface area contributed by atoms with Gasteiger partial charge in [-0.2, -0.15) is 26.3 Å². The molecule has 0 heterocycles. The van der Waals surface area contributed by atoms with E-state index in [-0.39, 0.29) is 6.07 Å². The lowest BCUT2D eigenvalue weighted by molar-refractivity contribution is -0.388. The molecule has 0 unspecified atom stereocenters. The third-order valence-electron chi connectivity index (χ3n) is 2.16. The second kappa shape index (κ2) is 4.93. The Morgan fingerprint density at radius 2 is 1.50 bits per heavy atom. The molecule has 0 radical (unpaired) electrons. The monoisotopic (exact) mass is 321 g/mol. The van der Waals surface area contributed by atoms with E-state index in [2.05, 4.69) is 0 Å². The van der Waals surface area contributed by atoms with Crippen LogP contribution in [0, 0.1) is 10.1 Å². The standard InChI is InChI=1S/C9H2ClF6NO3/c10-7(18)3-1-6(17(19)20)5(9(14,15)16)2-4(3)8(11,12)13/h1-2H. The van der Waals surface area contributed by atoms with Crippen LogP contribution in [0.25, 0.3) is 0 Å². The van der Waals surface area contributed by atoms with Crippen molar-refractivity contribution in [3.05, 3.63) is 38.9 Å². The highest BCUT2D eigenvalue weighted by Gasteiger charge is 2.44. The van der Waals surface area contributed by atoms with Gasteiger partial charge in [0.2, 0.25) is 0 Å². The van der Waals surface area contributed by atoms with Gasteiger partial charge in [-0.1, -0.05) is 0 Å². The number of nitro groups is 1. The van der Waals surface area contributed by atoms with Gasteiger partial charge in [-0.15, -0.1) is 0 Å². The third-order valence-corrected chi connectivity index (χ3v) is 2.36. The Morgan fingerprint density at radius 3 is 1.80 bits per heavy atom. The maximum Gasteiger partial charge on any atom is 0.423 e. The van der Waals surface area contributed by atoms with Gasteiger partial charge < -0.3 is 0 Å². The molecule has 0 N–H and O–H groups in total. The second-order valence-corrected chi connectivity index (χ2v) is 3.78. The zero-order valence-electron chi connectivity index (χ0n) is 8.97. The number of halogens is 7. The average Bonchev–Trinajstić information content (AvgIpc) is 2.24. The van der Waals surface area contributed by atoms with Gasteiger partial charge in [-0.05, 0) is 17.7 Å². The van der Waals surface area contributed by atoms with E-state index in [0.717, 1.165) is 0 Å². The van der Waals surface area contributed by atoms with Crippen molar-refractivity contribution in [1.82, 2.24) is 0 Å². The molecule has 1 aromatic rings. The van der Waals surface area contributed by atoms with Crippen LogP contribution in [0.5, 0.6) is 0 Å². The Bertz CT molecular complexity index is 533. The smallest absolute Gasteiger partial charge is 0.276 e. The SMILES string of the molecule is O=C(Cl)c1cc([N+](=O)[O-])c(C(F)(F)F)cc1C(F)(F)F. The van der Waals surface area contributed by atoms with E-state index >= 15 is 0 Å². The first-order valence-electron chi connectivity index (χ1n) is 4.52. The minimum Gasteiger partial charge on any atom is -0.276 e. The van der Waals surface area contributed by atoms with Crippen molar-refractivity contribution in [2.45, 2.75) is 12.4 Å². The quantitative estimate of drug-likeness (QED) is 0.358. The molecule has 0 aromatic heterocycles. The molecule has 0 amide bonds. The summed E-state index contributed by atoms with van der Waals surface area (Å²) in [7, 11) is 0. The predicted octanol–water partition coefficient (Wildman–Crippen LogP) is 4.01. The van der Waals surface area contributed by atoms with Gasteiger partial charge in [0, 0.05) is 6.07 Å². The summed E-state index contributed by atoms with van der Waals surface area (Å²) in [4.78, 5) is 19.7. The lowest BCUT2D eigenvalue weighted by Crippen LogP contribution is -2.16. The molecule has 0 atom stereocenters. The van der Waals surface area contributed by atoms with Gasteiger partial charge in [0.15, 0.2) is 0 Å². The summed E-state index contributed by atoms with van der Waals surface area (Å²) in [6.07, 6.45) is -10.7. The van der Waals surface area contributed by atoms with Crippen molar-refractivity contribution < 1.29 is 36.1 Å². The first-order chi connectivity index (χ1) is 8.85. The molecule has 0 saturated carbocycles. The van der Waals surface area contributed by atoms with E-state index in [1.807, 2.05) is 0 Å². The molecular formula is C9H2ClF6NO3. The lowest BCUT2D eigenvalue weighted by atomic mass is 10.0. The van der Waals surface area contributed by atoms with Gasteiger partial charge >= 0.3 is 12.4 Å². The van der Waals surface area contributed by atoms with Crippen LogP contribution in [0.15, 0.2) is 12.1 Å². The first-order valence-corrected chi connectivity index (χ1v) is 4.90. The molecule has 110 valence electrons. The number of carbonyl (C=O) groups excluding carboxylic acids is 1. The number of benzene rings is 1. The van der Waals surface area contributed by atoms with E-state index < -0.39 is 51.0 Å². The highest BCUT2D eigenvalue weighted by atomic mass is 35.5. The van der Waals surface area contributed by atoms with Crippen LogP contribution >= 0.6 is 11.6 Å². The number of hydrogen-bond acceptors (Lipinski definition) is 3. The minimum absolute atomic E-state index is 0.138. The topological polar surface area (TPSA) is 60.2 Å². The summed E-state index contributed by atoms with van der Waals surface area (Å²) >= 11 is 4.81. The van der Waals surface area contributed by atoms with Crippen LogP contribution < -0.4 is 0 Å². The Labute approximate surface area is 111 Å². The summed E-state index contributed by atoms with van der Waals surface area (Å²) in [5.41, 5.74) is -7.21. The molecule has 0 aliphatic carbocycles. The maximum atomic E-state index is 12.6. The van der Waals surface area contributed by atoms with Crippen molar-refractivity contribution in [3.63, 3.8) is 0 Å². The van der Waals surface area contributed by atoms with Crippen LogP contribution in [-0.4, -0.2) is 10.2 Å². The van der Waals surface area contributed by atoms with E-state index in [0.29, 0.717) is 0 Å². The van der Waals surface area contributed by atoms with E-state index in [4.69, 9.17) is 11.6 Å². The highest BCUT2D eigenvalue weighted by molar-refractivity contribution is 6.68. The number of rotatable bonds is 2. The molecule has 0 spiro atoms. The van der Waals surface area contributed by atoms with Crippen LogP contribution in [-0.2, 0) is 12.4 Å². The fourth-order valence-electron chi connectivity index (χ4n) is 1.36. The molecule has 4 nitrogen and oxygen atoms in total. The van der Waals surface area contributed by atoms with Crippen molar-refractivity contribution in [2.24, 2.45) is 0 Å². The van der Waals surface area contributed by atoms with Crippen LogP contribution in [0.2, 0.25) is 0 Å². The Morgan fingerprint density at radius 1 is 1.05 bits per heavy atom. The molecule has 0 bridgehead atoms. The summed E-state index contributed by atoms with van der Waals surface area (Å²) < 4.78 is 75.2. The van der Waals surface area contributed by atoms with E-state index in [1.54, 1.807) is 0 Å². The van der Waals surface area contributed by atoms with Crippen molar-refractivity contribution in [2.75, 3.05) is 0 Å². The molecule has 0 fully saturated rings. The van der Waals surface area contributed by atoms with Crippen LogP contribution in [0.3, 0.4) is 0 Å². The van der Waals surface area contributed by atoms with Gasteiger partial charge in [-0.3, -0.25) is 14.9 Å². The van der Waals surface area contributed by atoms with Crippen molar-refractivity contribution in [3.8, 4) is 0 Å². The third kappa shape index (κ3) is 3.18. The lowest BCUT2D eigenvalue weighted by Gasteiger charge is -2.14. The molecule has 1 aromatic carbocycles. The zero-order chi connectivity index (χ0) is 15.9. The zero-order valence-corrected chi connectivity index (χ0v) is 9.73. The number of nitrogens with zero attached hydrogens (tertiary/aromatic N) is 1. The molecule has 1 rings (SSSR count). The highest BCUT2D eigenvalue weighted by Crippen LogP contribution is 2.42. The van der Waals surface area contributed by atoms with E-state index in [9.17, 15) is 41.3 Å². The first kappa shape index (κ1) is 16.2. The van der Waals surface area contributed by atoms with E-state index in [1.165, 1.54) is 0 Å². The number of nitro benzene ring substituents is 1. The second-order valence-electron chi connectivity index (χ2n) is 3.44. The fraction of sp³-hybridized carbons (Fsp3) is 0.222. The molecule has 0 aliphatic rings. The molecule has 20 heavy (non-hydrogen) atoms. The molecular weight excluding hydrogens is 320 g/mol. The Balaban J connectivity index is 3.79. The molecule has 0 aliphatic heterocycles. The number of hydrogen-bond donors (Lipinski definition) is 0. The van der Waals surface area contributed by atoms with Gasteiger partial charge in [0.05, 0.1) is 16.1 Å². The van der Waals surface area contributed by atoms with Crippen LogP contribution in [0.4, 0.5) is 32.0 Å². The predicted molar refractivity (Wildman–Crippen MR) is 53.3 cm³/mol. The van der Waals surface area contributed by atoms with Crippen molar-refractivity contribution >= 4 is 22.5 Å². The number of carbonyl (C=O) groups is 1. The van der Waals surface area contributed by atoms with Crippen molar-refractivity contribution in [1.29, 1.82) is 0 Å². The normalized spacial score (nSPS) is 12.3. The largest absolute Gasteiger partial charge is 0.423 e. The van der Waals surface area contributed by atoms with Gasteiger partial charge in [0.1, 0.15) is 5.56 Å². The Kier molecular flexibility index (Phi) is 3.99.